The molecule has 2 rings (SSSR count). The average Bonchev–Trinajstić information content (AvgIpc) is 2.48. The molecular formula is C17H16Br2N2O2. The van der Waals surface area contributed by atoms with E-state index in [2.05, 4.69) is 41.8 Å². The molecule has 0 aromatic heterocycles. The molecule has 0 saturated heterocycles. The highest BCUT2D eigenvalue weighted by Crippen LogP contribution is 2.21. The summed E-state index contributed by atoms with van der Waals surface area (Å²) in [5, 5.41) is 19.6. The number of aliphatic imine (C=N–C) groups is 2. The summed E-state index contributed by atoms with van der Waals surface area (Å²) in [7, 11) is 0. The summed E-state index contributed by atoms with van der Waals surface area (Å²) in [6.45, 7) is 2.43. The number of halogens is 2. The van der Waals surface area contributed by atoms with Gasteiger partial charge in [0.05, 0.1) is 12.6 Å². The SMILES string of the molecule is CC(CN=Cc1ccc(Br)cc1O)N=Cc1ccc(Br)cc1O. The molecule has 0 amide bonds. The fraction of sp³-hybridized carbons (Fsp3) is 0.176. The van der Waals surface area contributed by atoms with Gasteiger partial charge in [-0.05, 0) is 43.3 Å². The highest BCUT2D eigenvalue weighted by molar-refractivity contribution is 9.10. The molecule has 0 aliphatic heterocycles. The van der Waals surface area contributed by atoms with E-state index in [1.807, 2.05) is 19.1 Å². The Morgan fingerprint density at radius 3 is 2.00 bits per heavy atom. The minimum atomic E-state index is -0.0353. The monoisotopic (exact) mass is 438 g/mol. The van der Waals surface area contributed by atoms with Crippen LogP contribution < -0.4 is 0 Å². The Morgan fingerprint density at radius 1 is 0.957 bits per heavy atom. The third kappa shape index (κ3) is 5.48. The van der Waals surface area contributed by atoms with Crippen LogP contribution in [0.25, 0.3) is 0 Å². The number of aromatic hydroxyl groups is 2. The molecule has 0 aliphatic carbocycles. The van der Waals surface area contributed by atoms with Crippen LogP contribution in [-0.2, 0) is 0 Å². The second-order valence-electron chi connectivity index (χ2n) is 5.03. The van der Waals surface area contributed by atoms with Crippen molar-refractivity contribution in [3.05, 3.63) is 56.5 Å². The van der Waals surface area contributed by atoms with Gasteiger partial charge in [0, 0.05) is 32.5 Å². The van der Waals surface area contributed by atoms with E-state index >= 15 is 0 Å². The second-order valence-corrected chi connectivity index (χ2v) is 6.86. The van der Waals surface area contributed by atoms with Crippen LogP contribution in [0, 0.1) is 0 Å². The minimum Gasteiger partial charge on any atom is -0.507 e. The van der Waals surface area contributed by atoms with Gasteiger partial charge in [-0.15, -0.1) is 0 Å². The van der Waals surface area contributed by atoms with Gasteiger partial charge in [0.2, 0.25) is 0 Å². The first kappa shape index (κ1) is 17.7. The van der Waals surface area contributed by atoms with Gasteiger partial charge < -0.3 is 10.2 Å². The van der Waals surface area contributed by atoms with Crippen LogP contribution >= 0.6 is 31.9 Å². The van der Waals surface area contributed by atoms with E-state index in [4.69, 9.17) is 0 Å². The number of phenols is 2. The number of rotatable bonds is 5. The number of hydrogen-bond donors (Lipinski definition) is 2. The van der Waals surface area contributed by atoms with Gasteiger partial charge in [-0.3, -0.25) is 9.98 Å². The predicted molar refractivity (Wildman–Crippen MR) is 101 cm³/mol. The van der Waals surface area contributed by atoms with Crippen molar-refractivity contribution in [3.8, 4) is 11.5 Å². The van der Waals surface area contributed by atoms with Crippen LogP contribution in [0.5, 0.6) is 11.5 Å². The zero-order valence-electron chi connectivity index (χ0n) is 12.4. The second kappa shape index (κ2) is 8.26. The van der Waals surface area contributed by atoms with Gasteiger partial charge in [-0.2, -0.15) is 0 Å². The third-order valence-electron chi connectivity index (χ3n) is 3.05. The molecule has 4 nitrogen and oxygen atoms in total. The largest absolute Gasteiger partial charge is 0.507 e. The van der Waals surface area contributed by atoms with Gasteiger partial charge in [0.1, 0.15) is 11.5 Å². The molecule has 0 radical (unpaired) electrons. The maximum atomic E-state index is 9.80. The Morgan fingerprint density at radius 2 is 1.48 bits per heavy atom. The van der Waals surface area contributed by atoms with E-state index in [1.165, 1.54) is 0 Å². The van der Waals surface area contributed by atoms with Crippen LogP contribution in [-0.4, -0.2) is 35.2 Å². The first-order valence-corrected chi connectivity index (χ1v) is 8.54. The summed E-state index contributed by atoms with van der Waals surface area (Å²) in [5.41, 5.74) is 1.32. The Hall–Kier alpha value is -1.66. The molecule has 0 fully saturated rings. The summed E-state index contributed by atoms with van der Waals surface area (Å²) < 4.78 is 1.64. The van der Waals surface area contributed by atoms with Crippen molar-refractivity contribution in [2.45, 2.75) is 13.0 Å². The number of benzene rings is 2. The molecule has 2 N–H and O–H groups in total. The third-order valence-corrected chi connectivity index (χ3v) is 4.04. The molecule has 0 heterocycles. The quantitative estimate of drug-likeness (QED) is 0.671. The smallest absolute Gasteiger partial charge is 0.125 e. The van der Waals surface area contributed by atoms with Gasteiger partial charge in [-0.1, -0.05) is 31.9 Å². The van der Waals surface area contributed by atoms with Crippen molar-refractivity contribution in [2.75, 3.05) is 6.54 Å². The van der Waals surface area contributed by atoms with Crippen molar-refractivity contribution in [1.82, 2.24) is 0 Å². The summed E-state index contributed by atoms with van der Waals surface area (Å²) in [6, 6.07) is 10.5. The van der Waals surface area contributed by atoms with E-state index < -0.39 is 0 Å². The summed E-state index contributed by atoms with van der Waals surface area (Å²) in [5.74, 6) is 0.359. The van der Waals surface area contributed by atoms with Gasteiger partial charge in [0.25, 0.3) is 0 Å². The lowest BCUT2D eigenvalue weighted by Gasteiger charge is -2.04. The predicted octanol–water partition coefficient (Wildman–Crippen LogP) is 4.55. The average molecular weight is 440 g/mol. The highest BCUT2D eigenvalue weighted by Gasteiger charge is 2.01. The summed E-state index contributed by atoms with van der Waals surface area (Å²) >= 11 is 6.59. The van der Waals surface area contributed by atoms with E-state index in [0.717, 1.165) is 8.95 Å². The maximum absolute atomic E-state index is 9.80. The molecular weight excluding hydrogens is 424 g/mol. The molecule has 1 unspecified atom stereocenters. The lowest BCUT2D eigenvalue weighted by Crippen LogP contribution is -2.04. The van der Waals surface area contributed by atoms with Crippen LogP contribution in [0.4, 0.5) is 0 Å². The van der Waals surface area contributed by atoms with E-state index in [0.29, 0.717) is 17.7 Å². The number of hydrogen-bond acceptors (Lipinski definition) is 4. The fourth-order valence-corrected chi connectivity index (χ4v) is 2.51. The van der Waals surface area contributed by atoms with E-state index in [-0.39, 0.29) is 17.5 Å². The topological polar surface area (TPSA) is 65.2 Å². The van der Waals surface area contributed by atoms with Crippen LogP contribution in [0.2, 0.25) is 0 Å². The number of nitrogens with zero attached hydrogens (tertiary/aromatic N) is 2. The lowest BCUT2D eigenvalue weighted by atomic mass is 10.2. The fourth-order valence-electron chi connectivity index (χ4n) is 1.81. The van der Waals surface area contributed by atoms with Crippen LogP contribution in [0.15, 0.2) is 55.3 Å². The van der Waals surface area contributed by atoms with Crippen LogP contribution in [0.1, 0.15) is 18.1 Å². The zero-order valence-corrected chi connectivity index (χ0v) is 15.6. The van der Waals surface area contributed by atoms with Crippen molar-refractivity contribution in [3.63, 3.8) is 0 Å². The maximum Gasteiger partial charge on any atom is 0.125 e. The molecule has 0 bridgehead atoms. The van der Waals surface area contributed by atoms with Gasteiger partial charge in [-0.25, -0.2) is 0 Å². The molecule has 0 saturated carbocycles. The molecule has 2 aromatic rings. The summed E-state index contributed by atoms with van der Waals surface area (Å²) in [6.07, 6.45) is 3.27. The standard InChI is InChI=1S/C17H16Br2N2O2/c1-11(21-10-13-3-5-15(19)7-17(13)23)8-20-9-12-2-4-14(18)6-16(12)22/h2-7,9-11,22-23H,8H2,1H3. The normalized spacial score (nSPS) is 13.0. The Kier molecular flexibility index (Phi) is 6.36. The molecule has 23 heavy (non-hydrogen) atoms. The molecule has 1 atom stereocenters. The van der Waals surface area contributed by atoms with Crippen LogP contribution in [0.3, 0.4) is 0 Å². The molecule has 0 aliphatic rings. The van der Waals surface area contributed by atoms with Gasteiger partial charge in [0.15, 0.2) is 0 Å². The highest BCUT2D eigenvalue weighted by atomic mass is 79.9. The first-order valence-electron chi connectivity index (χ1n) is 6.96. The van der Waals surface area contributed by atoms with E-state index in [9.17, 15) is 10.2 Å². The Labute approximate surface area is 151 Å². The summed E-state index contributed by atoms with van der Waals surface area (Å²) in [4.78, 5) is 8.67. The minimum absolute atomic E-state index is 0.0353. The molecule has 120 valence electrons. The molecule has 6 heteroatoms. The number of phenolic OH excluding ortho intramolecular Hbond substituents is 2. The molecule has 0 spiro atoms. The molecule has 2 aromatic carbocycles. The van der Waals surface area contributed by atoms with Crippen molar-refractivity contribution >= 4 is 44.3 Å². The van der Waals surface area contributed by atoms with E-state index in [1.54, 1.807) is 36.7 Å². The lowest BCUT2D eigenvalue weighted by molar-refractivity contribution is 0.473. The Bertz CT molecular complexity index is 745. The van der Waals surface area contributed by atoms with Crippen molar-refractivity contribution < 1.29 is 10.2 Å². The zero-order chi connectivity index (χ0) is 16.8. The van der Waals surface area contributed by atoms with Crippen molar-refractivity contribution in [1.29, 1.82) is 0 Å². The van der Waals surface area contributed by atoms with Crippen molar-refractivity contribution in [2.24, 2.45) is 9.98 Å². The van der Waals surface area contributed by atoms with Gasteiger partial charge >= 0.3 is 0 Å². The Balaban J connectivity index is 1.95. The first-order chi connectivity index (χ1) is 11.0.